The molecule has 1 amide bonds. The molecule has 1 N–H and O–H groups in total. The molecule has 0 aliphatic heterocycles. The Morgan fingerprint density at radius 1 is 1.22 bits per heavy atom. The van der Waals surface area contributed by atoms with Gasteiger partial charge >= 0.3 is 6.09 Å². The Morgan fingerprint density at radius 3 is 2.56 bits per heavy atom. The number of aryl methyl sites for hydroxylation is 1. The van der Waals surface area contributed by atoms with Gasteiger partial charge in [0, 0.05) is 18.0 Å². The summed E-state index contributed by atoms with van der Waals surface area (Å²) in [6, 6.07) is 8.04. The summed E-state index contributed by atoms with van der Waals surface area (Å²) in [5, 5.41) is 2.40. The number of methoxy groups -OCH3 is 1. The molecule has 2 aromatic rings. The third kappa shape index (κ3) is 2.82. The molecular formula is C13H13N3O2. The third-order valence-corrected chi connectivity index (χ3v) is 2.40. The molecule has 0 spiro atoms. The van der Waals surface area contributed by atoms with E-state index in [4.69, 9.17) is 0 Å². The van der Waals surface area contributed by atoms with Crippen molar-refractivity contribution >= 4 is 12.0 Å². The maximum Gasteiger partial charge on any atom is 0.413 e. The van der Waals surface area contributed by atoms with Gasteiger partial charge in [-0.15, -0.1) is 0 Å². The zero-order valence-electron chi connectivity index (χ0n) is 10.2. The first-order valence-electron chi connectivity index (χ1n) is 5.43. The van der Waals surface area contributed by atoms with Crippen LogP contribution in [0, 0.1) is 6.92 Å². The number of benzene rings is 1. The maximum absolute atomic E-state index is 11.0. The summed E-state index contributed by atoms with van der Waals surface area (Å²) in [5.74, 6) is 0.221. The van der Waals surface area contributed by atoms with Gasteiger partial charge in [-0.05, 0) is 12.5 Å². The molecule has 5 nitrogen and oxygen atoms in total. The quantitative estimate of drug-likeness (QED) is 0.880. The number of aromatic nitrogens is 2. The fraction of sp³-hybridized carbons (Fsp3) is 0.154. The number of hydrogen-bond acceptors (Lipinski definition) is 4. The van der Waals surface area contributed by atoms with Crippen LogP contribution in [0.2, 0.25) is 0 Å². The van der Waals surface area contributed by atoms with E-state index in [1.165, 1.54) is 12.7 Å². The molecular weight excluding hydrogens is 230 g/mol. The number of hydrogen-bond donors (Lipinski definition) is 1. The van der Waals surface area contributed by atoms with Gasteiger partial charge in [0.15, 0.2) is 0 Å². The van der Waals surface area contributed by atoms with Gasteiger partial charge in [-0.25, -0.2) is 14.8 Å². The highest BCUT2D eigenvalue weighted by Crippen LogP contribution is 2.19. The SMILES string of the molecule is COC(=O)Nc1ncc(-c2cccc(C)c2)cn1. The standard InChI is InChI=1S/C13H13N3O2/c1-9-4-3-5-10(6-9)11-7-14-12(15-8-11)16-13(17)18-2/h3-8H,1-2H3,(H,14,15,16,17). The molecule has 0 saturated carbocycles. The van der Waals surface area contributed by atoms with E-state index < -0.39 is 6.09 Å². The average Bonchev–Trinajstić information content (AvgIpc) is 2.39. The fourth-order valence-electron chi connectivity index (χ4n) is 1.51. The van der Waals surface area contributed by atoms with Gasteiger partial charge < -0.3 is 4.74 Å². The molecule has 5 heteroatoms. The number of amides is 1. The lowest BCUT2D eigenvalue weighted by atomic mass is 10.1. The minimum absolute atomic E-state index is 0.221. The number of carbonyl (C=O) groups is 1. The van der Waals surface area contributed by atoms with Gasteiger partial charge in [0.1, 0.15) is 0 Å². The number of nitrogens with zero attached hydrogens (tertiary/aromatic N) is 2. The second kappa shape index (κ2) is 5.27. The van der Waals surface area contributed by atoms with E-state index in [0.29, 0.717) is 0 Å². The van der Waals surface area contributed by atoms with Crippen LogP contribution in [0.3, 0.4) is 0 Å². The van der Waals surface area contributed by atoms with Crippen molar-refractivity contribution in [3.05, 3.63) is 42.2 Å². The first-order chi connectivity index (χ1) is 8.69. The van der Waals surface area contributed by atoms with Crippen LogP contribution in [0.25, 0.3) is 11.1 Å². The molecule has 1 heterocycles. The molecule has 0 unspecified atom stereocenters. The lowest BCUT2D eigenvalue weighted by molar-refractivity contribution is 0.186. The van der Waals surface area contributed by atoms with E-state index in [9.17, 15) is 4.79 Å². The minimum Gasteiger partial charge on any atom is -0.453 e. The van der Waals surface area contributed by atoms with Crippen molar-refractivity contribution in [3.8, 4) is 11.1 Å². The molecule has 0 saturated heterocycles. The minimum atomic E-state index is -0.585. The second-order valence-electron chi connectivity index (χ2n) is 3.78. The van der Waals surface area contributed by atoms with Gasteiger partial charge in [-0.2, -0.15) is 0 Å². The number of rotatable bonds is 2. The van der Waals surface area contributed by atoms with E-state index in [1.807, 2.05) is 31.2 Å². The molecule has 1 aromatic carbocycles. The highest BCUT2D eigenvalue weighted by atomic mass is 16.5. The first kappa shape index (κ1) is 12.0. The predicted molar refractivity (Wildman–Crippen MR) is 68.2 cm³/mol. The summed E-state index contributed by atoms with van der Waals surface area (Å²) >= 11 is 0. The highest BCUT2D eigenvalue weighted by molar-refractivity contribution is 5.82. The zero-order valence-corrected chi connectivity index (χ0v) is 10.2. The third-order valence-electron chi connectivity index (χ3n) is 2.40. The van der Waals surface area contributed by atoms with Crippen molar-refractivity contribution in [1.29, 1.82) is 0 Å². The smallest absolute Gasteiger partial charge is 0.413 e. The van der Waals surface area contributed by atoms with Crippen molar-refractivity contribution in [2.45, 2.75) is 6.92 Å². The van der Waals surface area contributed by atoms with Crippen LogP contribution in [-0.2, 0) is 4.74 Å². The Bertz CT molecular complexity index is 552. The van der Waals surface area contributed by atoms with Crippen LogP contribution in [0.5, 0.6) is 0 Å². The first-order valence-corrected chi connectivity index (χ1v) is 5.43. The topological polar surface area (TPSA) is 64.1 Å². The van der Waals surface area contributed by atoms with E-state index in [0.717, 1.165) is 11.1 Å². The van der Waals surface area contributed by atoms with Gasteiger partial charge in [0.05, 0.1) is 7.11 Å². The highest BCUT2D eigenvalue weighted by Gasteiger charge is 2.04. The van der Waals surface area contributed by atoms with Crippen molar-refractivity contribution in [3.63, 3.8) is 0 Å². The van der Waals surface area contributed by atoms with E-state index >= 15 is 0 Å². The fourth-order valence-corrected chi connectivity index (χ4v) is 1.51. The van der Waals surface area contributed by atoms with Crippen molar-refractivity contribution in [1.82, 2.24) is 9.97 Å². The van der Waals surface area contributed by atoms with Crippen LogP contribution in [0.4, 0.5) is 10.7 Å². The normalized spacial score (nSPS) is 9.89. The molecule has 0 atom stereocenters. The molecule has 0 radical (unpaired) electrons. The number of ether oxygens (including phenoxy) is 1. The van der Waals surface area contributed by atoms with E-state index in [-0.39, 0.29) is 5.95 Å². The van der Waals surface area contributed by atoms with Gasteiger partial charge in [-0.1, -0.05) is 29.8 Å². The number of carbonyl (C=O) groups excluding carboxylic acids is 1. The predicted octanol–water partition coefficient (Wildman–Crippen LogP) is 2.63. The molecule has 0 fully saturated rings. The Hall–Kier alpha value is -2.43. The zero-order chi connectivity index (χ0) is 13.0. The summed E-state index contributed by atoms with van der Waals surface area (Å²) in [4.78, 5) is 19.1. The van der Waals surface area contributed by atoms with Crippen molar-refractivity contribution in [2.75, 3.05) is 12.4 Å². The van der Waals surface area contributed by atoms with Crippen LogP contribution < -0.4 is 5.32 Å². The lowest BCUT2D eigenvalue weighted by Gasteiger charge is -2.04. The van der Waals surface area contributed by atoms with Gasteiger partial charge in [0.25, 0.3) is 0 Å². The largest absolute Gasteiger partial charge is 0.453 e. The summed E-state index contributed by atoms with van der Waals surface area (Å²) < 4.78 is 4.45. The Morgan fingerprint density at radius 2 is 1.94 bits per heavy atom. The monoisotopic (exact) mass is 243 g/mol. The molecule has 0 aliphatic carbocycles. The van der Waals surface area contributed by atoms with Crippen LogP contribution in [0.1, 0.15) is 5.56 Å². The molecule has 18 heavy (non-hydrogen) atoms. The molecule has 1 aromatic heterocycles. The summed E-state index contributed by atoms with van der Waals surface area (Å²) in [6.07, 6.45) is 2.73. The average molecular weight is 243 g/mol. The van der Waals surface area contributed by atoms with Crippen LogP contribution >= 0.6 is 0 Å². The van der Waals surface area contributed by atoms with Crippen molar-refractivity contribution < 1.29 is 9.53 Å². The van der Waals surface area contributed by atoms with E-state index in [1.54, 1.807) is 12.4 Å². The summed E-state index contributed by atoms with van der Waals surface area (Å²) in [7, 11) is 1.29. The second-order valence-corrected chi connectivity index (χ2v) is 3.78. The summed E-state index contributed by atoms with van der Waals surface area (Å²) in [5.41, 5.74) is 3.11. The number of nitrogens with one attached hydrogen (secondary N) is 1. The molecule has 2 rings (SSSR count). The molecule has 0 aliphatic rings. The van der Waals surface area contributed by atoms with E-state index in [2.05, 4.69) is 20.0 Å². The molecule has 92 valence electrons. The Labute approximate surface area is 105 Å². The lowest BCUT2D eigenvalue weighted by Crippen LogP contribution is -2.13. The van der Waals surface area contributed by atoms with Gasteiger partial charge in [0.2, 0.25) is 5.95 Å². The van der Waals surface area contributed by atoms with Crippen LogP contribution in [0.15, 0.2) is 36.7 Å². The Kier molecular flexibility index (Phi) is 3.52. The maximum atomic E-state index is 11.0. The van der Waals surface area contributed by atoms with Gasteiger partial charge in [-0.3, -0.25) is 5.32 Å². The van der Waals surface area contributed by atoms with Crippen LogP contribution in [-0.4, -0.2) is 23.2 Å². The molecule has 0 bridgehead atoms. The van der Waals surface area contributed by atoms with Crippen molar-refractivity contribution in [2.24, 2.45) is 0 Å². The summed E-state index contributed by atoms with van der Waals surface area (Å²) in [6.45, 7) is 2.03. The Balaban J connectivity index is 2.19. The number of anilines is 1.